The van der Waals surface area contributed by atoms with E-state index in [-0.39, 0.29) is 0 Å². The van der Waals surface area contributed by atoms with Crippen LogP contribution in [-0.2, 0) is 0 Å². The number of furan rings is 1. The maximum absolute atomic E-state index is 5.99. The lowest BCUT2D eigenvalue weighted by atomic mass is 10.0. The molecule has 2 aromatic rings. The molecule has 1 aromatic carbocycles. The summed E-state index contributed by atoms with van der Waals surface area (Å²) in [6, 6.07) is 6.03. The predicted molar refractivity (Wildman–Crippen MR) is 96.0 cm³/mol. The first kappa shape index (κ1) is 15.7. The lowest BCUT2D eigenvalue weighted by Crippen LogP contribution is -1.96. The lowest BCUT2D eigenvalue weighted by Gasteiger charge is -2.02. The van der Waals surface area contributed by atoms with E-state index in [1.807, 2.05) is 50.3 Å². The second-order valence-electron chi connectivity index (χ2n) is 4.65. The maximum atomic E-state index is 5.99. The van der Waals surface area contributed by atoms with Crippen molar-refractivity contribution in [1.29, 1.82) is 0 Å². The molecule has 0 aliphatic rings. The van der Waals surface area contributed by atoms with E-state index >= 15 is 0 Å². The van der Waals surface area contributed by atoms with E-state index < -0.39 is 0 Å². The minimum Gasteiger partial charge on any atom is -0.455 e. The third-order valence-corrected chi connectivity index (χ3v) is 3.19. The molecule has 0 N–H and O–H groups in total. The van der Waals surface area contributed by atoms with Gasteiger partial charge in [-0.3, -0.25) is 9.98 Å². The molecule has 0 radical (unpaired) electrons. The van der Waals surface area contributed by atoms with Gasteiger partial charge in [0.15, 0.2) is 0 Å². The van der Waals surface area contributed by atoms with E-state index in [1.165, 1.54) is 0 Å². The molecule has 3 nitrogen and oxygen atoms in total. The Kier molecular flexibility index (Phi) is 5.26. The molecule has 3 heteroatoms. The highest BCUT2D eigenvalue weighted by Gasteiger charge is 2.15. The van der Waals surface area contributed by atoms with Crippen LogP contribution in [0.1, 0.15) is 30.7 Å². The van der Waals surface area contributed by atoms with Crippen LogP contribution in [0.4, 0.5) is 0 Å². The molecule has 112 valence electrons. The van der Waals surface area contributed by atoms with Crippen molar-refractivity contribution in [2.75, 3.05) is 7.05 Å². The highest BCUT2D eigenvalue weighted by atomic mass is 16.3. The fourth-order valence-corrected chi connectivity index (χ4v) is 2.29. The average molecular weight is 292 g/mol. The highest BCUT2D eigenvalue weighted by molar-refractivity contribution is 6.17. The molecule has 0 saturated carbocycles. The van der Waals surface area contributed by atoms with Gasteiger partial charge in [-0.2, -0.15) is 0 Å². The molecule has 0 unspecified atom stereocenters. The van der Waals surface area contributed by atoms with Gasteiger partial charge in [0.05, 0.1) is 5.71 Å². The van der Waals surface area contributed by atoms with Gasteiger partial charge < -0.3 is 4.42 Å². The van der Waals surface area contributed by atoms with Crippen LogP contribution in [0.5, 0.6) is 0 Å². The number of nitrogens with zero attached hydrogens (tertiary/aromatic N) is 2. The van der Waals surface area contributed by atoms with Crippen LogP contribution in [-0.4, -0.2) is 19.0 Å². The molecule has 0 atom stereocenters. The van der Waals surface area contributed by atoms with Crippen molar-refractivity contribution in [3.8, 4) is 0 Å². The van der Waals surface area contributed by atoms with Gasteiger partial charge in [0.2, 0.25) is 0 Å². The molecule has 0 saturated heterocycles. The zero-order chi connectivity index (χ0) is 15.9. The van der Waals surface area contributed by atoms with E-state index in [2.05, 4.69) is 16.6 Å². The maximum Gasteiger partial charge on any atom is 0.144 e. The van der Waals surface area contributed by atoms with E-state index in [4.69, 9.17) is 4.42 Å². The third-order valence-electron chi connectivity index (χ3n) is 3.19. The second kappa shape index (κ2) is 7.36. The Balaban J connectivity index is 2.77. The van der Waals surface area contributed by atoms with E-state index in [9.17, 15) is 0 Å². The number of hydrogen-bond acceptors (Lipinski definition) is 3. The van der Waals surface area contributed by atoms with Gasteiger partial charge in [-0.1, -0.05) is 30.9 Å². The first-order chi connectivity index (χ1) is 10.8. The first-order valence-electron chi connectivity index (χ1n) is 7.19. The van der Waals surface area contributed by atoms with Crippen molar-refractivity contribution in [3.63, 3.8) is 0 Å². The van der Waals surface area contributed by atoms with Crippen molar-refractivity contribution in [2.24, 2.45) is 9.98 Å². The molecule has 0 spiro atoms. The van der Waals surface area contributed by atoms with Crippen molar-refractivity contribution < 1.29 is 4.42 Å². The molecule has 0 fully saturated rings. The largest absolute Gasteiger partial charge is 0.455 e. The predicted octanol–water partition coefficient (Wildman–Crippen LogP) is 5.02. The summed E-state index contributed by atoms with van der Waals surface area (Å²) in [7, 11) is 1.74. The van der Waals surface area contributed by atoms with Crippen LogP contribution in [0.25, 0.3) is 17.0 Å². The number of aliphatic imine (C=N–C) groups is 2. The van der Waals surface area contributed by atoms with Crippen LogP contribution >= 0.6 is 0 Å². The van der Waals surface area contributed by atoms with Crippen LogP contribution in [0.15, 0.2) is 63.6 Å². The summed E-state index contributed by atoms with van der Waals surface area (Å²) in [6.45, 7) is 7.73. The zero-order valence-electron chi connectivity index (χ0n) is 13.2. The van der Waals surface area contributed by atoms with Gasteiger partial charge in [0.25, 0.3) is 0 Å². The SMILES string of the molecule is C=Cc1oc2c(C(/C=C\C)=N/C=C\C)cccc2c1C=NC. The van der Waals surface area contributed by atoms with Crippen LogP contribution in [0.3, 0.4) is 0 Å². The molecule has 0 aliphatic carbocycles. The highest BCUT2D eigenvalue weighted by Crippen LogP contribution is 2.29. The van der Waals surface area contributed by atoms with Crippen molar-refractivity contribution in [3.05, 3.63) is 66.1 Å². The monoisotopic (exact) mass is 292 g/mol. The van der Waals surface area contributed by atoms with Gasteiger partial charge in [-0.15, -0.1) is 0 Å². The van der Waals surface area contributed by atoms with Crippen LogP contribution in [0, 0.1) is 0 Å². The van der Waals surface area contributed by atoms with E-state index in [1.54, 1.807) is 25.5 Å². The van der Waals surface area contributed by atoms with Crippen LogP contribution < -0.4 is 0 Å². The van der Waals surface area contributed by atoms with E-state index in [0.29, 0.717) is 0 Å². The van der Waals surface area contributed by atoms with Gasteiger partial charge in [0.1, 0.15) is 11.3 Å². The molecule has 0 bridgehead atoms. The molecule has 2 rings (SSSR count). The molecule has 0 amide bonds. The summed E-state index contributed by atoms with van der Waals surface area (Å²) in [6.07, 6.45) is 11.1. The summed E-state index contributed by atoms with van der Waals surface area (Å²) >= 11 is 0. The second-order valence-corrected chi connectivity index (χ2v) is 4.65. The fourth-order valence-electron chi connectivity index (χ4n) is 2.29. The lowest BCUT2D eigenvalue weighted by molar-refractivity contribution is 0.603. The first-order valence-corrected chi connectivity index (χ1v) is 7.19. The average Bonchev–Trinajstić information content (AvgIpc) is 2.90. The smallest absolute Gasteiger partial charge is 0.144 e. The number of benzene rings is 1. The fraction of sp³-hybridized carbons (Fsp3) is 0.158. The molecule has 22 heavy (non-hydrogen) atoms. The summed E-state index contributed by atoms with van der Waals surface area (Å²) in [4.78, 5) is 8.60. The summed E-state index contributed by atoms with van der Waals surface area (Å²) in [5.74, 6) is 0.721. The van der Waals surface area contributed by atoms with Gasteiger partial charge in [-0.25, -0.2) is 0 Å². The Morgan fingerprint density at radius 1 is 1.23 bits per heavy atom. The van der Waals surface area contributed by atoms with E-state index in [0.717, 1.165) is 33.6 Å². The standard InChI is InChI=1S/C19H20N2O/c1-5-9-17(21-12-6-2)15-11-8-10-14-16(13-20-4)18(7-3)22-19(14)15/h5-13H,3H2,1-2,4H3/b9-5-,12-6-,20-13?,21-17+. The quantitative estimate of drug-likeness (QED) is 0.713. The zero-order valence-corrected chi connectivity index (χ0v) is 13.2. The number of para-hydroxylation sites is 1. The summed E-state index contributed by atoms with van der Waals surface area (Å²) < 4.78 is 5.99. The number of rotatable bonds is 5. The number of allylic oxidation sites excluding steroid dienone is 3. The third kappa shape index (κ3) is 2.98. The Hall–Kier alpha value is -2.68. The minimum atomic E-state index is 0.721. The Labute approximate surface area is 131 Å². The summed E-state index contributed by atoms with van der Waals surface area (Å²) in [5, 5.41) is 1.01. The molecular weight excluding hydrogens is 272 g/mol. The Morgan fingerprint density at radius 2 is 2.05 bits per heavy atom. The number of hydrogen-bond donors (Lipinski definition) is 0. The van der Waals surface area contributed by atoms with Crippen molar-refractivity contribution in [2.45, 2.75) is 13.8 Å². The van der Waals surface area contributed by atoms with Crippen LogP contribution in [0.2, 0.25) is 0 Å². The molecule has 1 heterocycles. The number of fused-ring (bicyclic) bond motifs is 1. The van der Waals surface area contributed by atoms with Crippen molar-refractivity contribution >= 4 is 29.0 Å². The topological polar surface area (TPSA) is 37.9 Å². The molecule has 0 aliphatic heterocycles. The Bertz CT molecular complexity index is 789. The van der Waals surface area contributed by atoms with Gasteiger partial charge >= 0.3 is 0 Å². The summed E-state index contributed by atoms with van der Waals surface area (Å²) in [5.41, 5.74) is 3.55. The molecular formula is C19H20N2O. The van der Waals surface area contributed by atoms with Crippen molar-refractivity contribution in [1.82, 2.24) is 0 Å². The normalized spacial score (nSPS) is 13.1. The van der Waals surface area contributed by atoms with Gasteiger partial charge in [0, 0.05) is 36.0 Å². The Morgan fingerprint density at radius 3 is 2.68 bits per heavy atom. The van der Waals surface area contributed by atoms with Gasteiger partial charge in [-0.05, 0) is 32.1 Å². The minimum absolute atomic E-state index is 0.721. The molecule has 1 aromatic heterocycles.